The van der Waals surface area contributed by atoms with E-state index in [-0.39, 0.29) is 18.2 Å². The molecule has 2 aromatic rings. The molecule has 10 heteroatoms. The van der Waals surface area contributed by atoms with Crippen molar-refractivity contribution < 1.29 is 23.4 Å². The molecule has 0 bridgehead atoms. The highest BCUT2D eigenvalue weighted by Gasteiger charge is 2.46. The molecule has 1 aromatic heterocycles. The lowest BCUT2D eigenvalue weighted by atomic mass is 9.88. The van der Waals surface area contributed by atoms with Crippen LogP contribution in [0.1, 0.15) is 63.0 Å². The average Bonchev–Trinajstić information content (AvgIpc) is 3.31. The summed E-state index contributed by atoms with van der Waals surface area (Å²) in [4.78, 5) is 20.2. The number of carboxylic acid groups (broad SMARTS) is 1. The number of halogens is 2. The van der Waals surface area contributed by atoms with E-state index in [0.29, 0.717) is 31.9 Å². The maximum Gasteiger partial charge on any atom is 0.408 e. The Hall–Kier alpha value is -3.03. The zero-order valence-electron chi connectivity index (χ0n) is 19.8. The largest absolute Gasteiger partial charge is 0.465 e. The van der Waals surface area contributed by atoms with E-state index in [1.807, 2.05) is 11.5 Å². The van der Waals surface area contributed by atoms with Gasteiger partial charge in [-0.15, -0.1) is 0 Å². The summed E-state index contributed by atoms with van der Waals surface area (Å²) in [5.74, 6) is -0.853. The number of imidazole rings is 1. The summed E-state index contributed by atoms with van der Waals surface area (Å²) in [7, 11) is 0. The average molecular weight is 474 g/mol. The highest BCUT2D eigenvalue weighted by atomic mass is 19.1. The number of nitrogens with zero attached hydrogens (tertiary/aromatic N) is 5. The molecule has 0 unspecified atom stereocenters. The van der Waals surface area contributed by atoms with Gasteiger partial charge in [0.05, 0.1) is 24.0 Å². The maximum absolute atomic E-state index is 14.7. The van der Waals surface area contributed by atoms with Gasteiger partial charge in [0.1, 0.15) is 23.8 Å². The molecule has 0 aliphatic carbocycles. The van der Waals surface area contributed by atoms with E-state index in [2.05, 4.69) is 16.0 Å². The van der Waals surface area contributed by atoms with Crippen molar-refractivity contribution >= 4 is 6.09 Å². The Labute approximate surface area is 197 Å². The fourth-order valence-electron chi connectivity index (χ4n) is 5.21. The highest BCUT2D eigenvalue weighted by molar-refractivity contribution is 5.66. The topological polar surface area (TPSA) is 94.6 Å². The van der Waals surface area contributed by atoms with Crippen LogP contribution in [0, 0.1) is 23.0 Å². The van der Waals surface area contributed by atoms with Crippen molar-refractivity contribution in [2.24, 2.45) is 0 Å². The lowest BCUT2D eigenvalue weighted by Crippen LogP contribution is -2.58. The normalized spacial score (nSPS) is 22.9. The fraction of sp³-hybridized carbons (Fsp3) is 0.542. The number of hydrogen-bond acceptors (Lipinski definition) is 5. The number of ether oxygens (including phenoxy) is 1. The molecule has 1 aromatic carbocycles. The Morgan fingerprint density at radius 3 is 2.71 bits per heavy atom. The fourth-order valence-corrected chi connectivity index (χ4v) is 5.21. The van der Waals surface area contributed by atoms with Crippen molar-refractivity contribution in [3.63, 3.8) is 0 Å². The molecule has 4 rings (SSSR count). The maximum atomic E-state index is 14.7. The van der Waals surface area contributed by atoms with Crippen LogP contribution in [0.3, 0.4) is 0 Å². The first kappa shape index (κ1) is 24.1. The first-order valence-corrected chi connectivity index (χ1v) is 11.4. The number of benzene rings is 1. The van der Waals surface area contributed by atoms with E-state index in [4.69, 9.17) is 4.74 Å². The number of amides is 1. The van der Waals surface area contributed by atoms with E-state index in [1.54, 1.807) is 20.8 Å². The van der Waals surface area contributed by atoms with Crippen LogP contribution in [-0.4, -0.2) is 54.8 Å². The van der Waals surface area contributed by atoms with Gasteiger partial charge in [-0.3, -0.25) is 9.80 Å². The minimum Gasteiger partial charge on any atom is -0.465 e. The van der Waals surface area contributed by atoms with Gasteiger partial charge in [0.2, 0.25) is 5.82 Å². The molecule has 34 heavy (non-hydrogen) atoms. The molecule has 8 nitrogen and oxygen atoms in total. The quantitative estimate of drug-likeness (QED) is 0.720. The van der Waals surface area contributed by atoms with Gasteiger partial charge in [0.15, 0.2) is 0 Å². The predicted molar refractivity (Wildman–Crippen MR) is 119 cm³/mol. The zero-order valence-corrected chi connectivity index (χ0v) is 19.8. The van der Waals surface area contributed by atoms with Crippen molar-refractivity contribution in [1.29, 1.82) is 5.26 Å². The van der Waals surface area contributed by atoms with Gasteiger partial charge in [0, 0.05) is 36.8 Å². The highest BCUT2D eigenvalue weighted by Crippen LogP contribution is 2.39. The Morgan fingerprint density at radius 1 is 1.35 bits per heavy atom. The first-order valence-electron chi connectivity index (χ1n) is 11.4. The van der Waals surface area contributed by atoms with Crippen LogP contribution in [0.15, 0.2) is 18.2 Å². The van der Waals surface area contributed by atoms with E-state index < -0.39 is 35.4 Å². The van der Waals surface area contributed by atoms with Gasteiger partial charge in [-0.1, -0.05) is 0 Å². The lowest BCUT2D eigenvalue weighted by Gasteiger charge is -2.48. The van der Waals surface area contributed by atoms with Crippen LogP contribution in [0.25, 0.3) is 0 Å². The van der Waals surface area contributed by atoms with Gasteiger partial charge in [-0.25, -0.2) is 18.6 Å². The van der Waals surface area contributed by atoms with Crippen LogP contribution in [0.5, 0.6) is 0 Å². The molecular formula is C24H29F2N5O3. The molecule has 0 saturated carbocycles. The number of nitriles is 1. The Bertz CT molecular complexity index is 1140. The van der Waals surface area contributed by atoms with E-state index in [9.17, 15) is 23.9 Å². The molecule has 1 amide bonds. The summed E-state index contributed by atoms with van der Waals surface area (Å²) >= 11 is 0. The molecule has 1 saturated heterocycles. The molecule has 3 heterocycles. The molecule has 3 atom stereocenters. The molecule has 0 spiro atoms. The van der Waals surface area contributed by atoms with Crippen LogP contribution in [0.2, 0.25) is 0 Å². The van der Waals surface area contributed by atoms with Crippen LogP contribution < -0.4 is 0 Å². The second-order valence-electron chi connectivity index (χ2n) is 9.79. The summed E-state index contributed by atoms with van der Waals surface area (Å²) in [5.41, 5.74) is 1.03. The summed E-state index contributed by atoms with van der Waals surface area (Å²) in [6.07, 6.45) is -1.71. The summed E-state index contributed by atoms with van der Waals surface area (Å²) in [6, 6.07) is 4.39. The third kappa shape index (κ3) is 4.26. The molecule has 1 N–H and O–H groups in total. The Kier molecular flexibility index (Phi) is 6.36. The second kappa shape index (κ2) is 8.96. The van der Waals surface area contributed by atoms with Crippen molar-refractivity contribution in [3.8, 4) is 6.07 Å². The number of fused-ring (bicyclic) bond motifs is 1. The van der Waals surface area contributed by atoms with E-state index in [1.165, 1.54) is 4.90 Å². The van der Waals surface area contributed by atoms with Crippen molar-refractivity contribution in [2.45, 2.75) is 77.5 Å². The molecule has 1 fully saturated rings. The summed E-state index contributed by atoms with van der Waals surface area (Å²) in [6.45, 7) is 9.20. The molecule has 182 valence electrons. The van der Waals surface area contributed by atoms with Crippen molar-refractivity contribution in [3.05, 3.63) is 52.6 Å². The van der Waals surface area contributed by atoms with Crippen molar-refractivity contribution in [1.82, 2.24) is 19.4 Å². The molecule has 2 aliphatic rings. The molecule has 2 aliphatic heterocycles. The summed E-state index contributed by atoms with van der Waals surface area (Å²) in [5, 5.41) is 19.4. The third-order valence-electron chi connectivity index (χ3n) is 6.65. The van der Waals surface area contributed by atoms with Gasteiger partial charge >= 0.3 is 6.09 Å². The van der Waals surface area contributed by atoms with Crippen LogP contribution in [0.4, 0.5) is 13.6 Å². The zero-order chi connectivity index (χ0) is 24.8. The number of carbonyl (C=O) groups is 1. The second-order valence-corrected chi connectivity index (χ2v) is 9.79. The standard InChI is InChI=1S/C24H29F2N5O3/c1-5-30-20-12-29(11-18(20)28-21(30)10-27)15-9-19(31(23(32)33)24(2,3)4)22(34-13-15)16-8-14(25)6-7-17(16)26/h6-8,15,19,22H,5,9,11-13H2,1-4H3,(H,32,33)/t15-,19+,22-/m1/s1. The van der Waals surface area contributed by atoms with Gasteiger partial charge in [-0.2, -0.15) is 5.26 Å². The minimum absolute atomic E-state index is 0.0152. The predicted octanol–water partition coefficient (Wildman–Crippen LogP) is 4.05. The SMILES string of the molecule is CCn1c(C#N)nc2c1CN([C@H]1CO[C@H](c3cc(F)ccc3F)[C@@H](N(C(=O)O)C(C)(C)C)C1)C2. The number of rotatable bonds is 4. The minimum atomic E-state index is -1.15. The van der Waals surface area contributed by atoms with Crippen molar-refractivity contribution in [2.75, 3.05) is 6.61 Å². The van der Waals surface area contributed by atoms with E-state index in [0.717, 1.165) is 29.6 Å². The van der Waals surface area contributed by atoms with E-state index >= 15 is 0 Å². The summed E-state index contributed by atoms with van der Waals surface area (Å²) < 4.78 is 36.7. The molecule has 0 radical (unpaired) electrons. The van der Waals surface area contributed by atoms with Gasteiger partial charge in [0.25, 0.3) is 0 Å². The Morgan fingerprint density at radius 2 is 2.09 bits per heavy atom. The number of hydrogen-bond donors (Lipinski definition) is 1. The third-order valence-corrected chi connectivity index (χ3v) is 6.65. The molecular weight excluding hydrogens is 444 g/mol. The first-order chi connectivity index (χ1) is 16.0. The smallest absolute Gasteiger partial charge is 0.408 e. The van der Waals surface area contributed by atoms with Crippen LogP contribution in [-0.2, 0) is 24.4 Å². The Balaban J connectivity index is 1.65. The monoisotopic (exact) mass is 473 g/mol. The number of aromatic nitrogens is 2. The van der Waals surface area contributed by atoms with Crippen LogP contribution >= 0.6 is 0 Å². The van der Waals surface area contributed by atoms with Gasteiger partial charge < -0.3 is 14.4 Å². The van der Waals surface area contributed by atoms with Gasteiger partial charge in [-0.05, 0) is 52.3 Å². The lowest BCUT2D eigenvalue weighted by molar-refractivity contribution is -0.103.